The molecular weight excluding hydrogens is 409 g/mol. The van der Waals surface area contributed by atoms with Crippen molar-refractivity contribution < 1.29 is 18.9 Å². The van der Waals surface area contributed by atoms with Crippen LogP contribution in [-0.4, -0.2) is 35.2 Å². The van der Waals surface area contributed by atoms with Gasteiger partial charge < -0.3 is 10.2 Å². The van der Waals surface area contributed by atoms with Crippen molar-refractivity contribution in [2.24, 2.45) is 0 Å². The molecule has 2 aromatic carbocycles. The monoisotopic (exact) mass is 423 g/mol. The maximum atomic E-state index is 13.9. The highest BCUT2D eigenvalue weighted by molar-refractivity contribution is 9.10. The Bertz CT molecular complexity index is 888. The van der Waals surface area contributed by atoms with Gasteiger partial charge in [0.1, 0.15) is 5.82 Å². The number of nitrogens with one attached hydrogen (secondary N) is 1. The summed E-state index contributed by atoms with van der Waals surface area (Å²) in [5, 5.41) is 13.6. The number of amides is 2. The van der Waals surface area contributed by atoms with E-state index in [0.29, 0.717) is 10.2 Å². The first-order valence-corrected chi connectivity index (χ1v) is 8.24. The number of nitro benzene ring substituents is 1. The molecule has 136 valence electrons. The quantitative estimate of drug-likeness (QED) is 0.587. The van der Waals surface area contributed by atoms with Crippen LogP contribution >= 0.6 is 15.9 Å². The van der Waals surface area contributed by atoms with Crippen LogP contribution in [0.4, 0.5) is 15.8 Å². The Hall–Kier alpha value is -2.81. The van der Waals surface area contributed by atoms with Gasteiger partial charge in [0.2, 0.25) is 5.91 Å². The molecular formula is C17H15BrFN3O4. The molecule has 0 unspecified atom stereocenters. The third-order valence-electron chi connectivity index (χ3n) is 3.64. The lowest BCUT2D eigenvalue weighted by atomic mass is 10.1. The van der Waals surface area contributed by atoms with Crippen LogP contribution in [0.1, 0.15) is 15.9 Å². The fourth-order valence-electron chi connectivity index (χ4n) is 2.24. The summed E-state index contributed by atoms with van der Waals surface area (Å²) in [5.41, 5.74) is -0.299. The second-order valence-electron chi connectivity index (χ2n) is 5.55. The number of carbonyl (C=O) groups is 2. The Morgan fingerprint density at radius 3 is 2.58 bits per heavy atom. The number of hydrogen-bond donors (Lipinski definition) is 1. The number of halogens is 2. The van der Waals surface area contributed by atoms with Gasteiger partial charge in [-0.25, -0.2) is 4.39 Å². The average Bonchev–Trinajstić information content (AvgIpc) is 2.58. The van der Waals surface area contributed by atoms with Crippen LogP contribution in [0, 0.1) is 22.9 Å². The molecule has 7 nitrogen and oxygen atoms in total. The van der Waals surface area contributed by atoms with E-state index < -0.39 is 28.2 Å². The Labute approximate surface area is 157 Å². The van der Waals surface area contributed by atoms with Crippen LogP contribution < -0.4 is 5.32 Å². The number of hydrogen-bond acceptors (Lipinski definition) is 4. The molecule has 0 bridgehead atoms. The highest BCUT2D eigenvalue weighted by Crippen LogP contribution is 2.24. The van der Waals surface area contributed by atoms with Crippen LogP contribution in [0.5, 0.6) is 0 Å². The number of likely N-dealkylation sites (N-methyl/N-ethyl adjacent to an activating group) is 1. The highest BCUT2D eigenvalue weighted by atomic mass is 79.9. The van der Waals surface area contributed by atoms with E-state index in [1.807, 2.05) is 0 Å². The second kappa shape index (κ2) is 8.05. The molecule has 0 aromatic heterocycles. The zero-order valence-corrected chi connectivity index (χ0v) is 15.5. The molecule has 2 aromatic rings. The molecule has 0 fully saturated rings. The number of nitrogens with zero attached hydrogens (tertiary/aromatic N) is 2. The van der Waals surface area contributed by atoms with E-state index >= 15 is 0 Å². The average molecular weight is 424 g/mol. The first-order chi connectivity index (χ1) is 12.2. The number of anilines is 1. The summed E-state index contributed by atoms with van der Waals surface area (Å²) < 4.78 is 14.5. The lowest BCUT2D eigenvalue weighted by Gasteiger charge is -2.17. The van der Waals surface area contributed by atoms with Gasteiger partial charge in [0.25, 0.3) is 11.6 Å². The predicted molar refractivity (Wildman–Crippen MR) is 97.5 cm³/mol. The molecule has 9 heteroatoms. The lowest BCUT2D eigenvalue weighted by Crippen LogP contribution is -2.35. The molecule has 2 amide bonds. The SMILES string of the molecule is Cc1c(F)cc(C(=O)N(C)CC(=O)Nc2ccccc2Br)cc1[N+](=O)[O-]. The van der Waals surface area contributed by atoms with Crippen molar-refractivity contribution in [2.75, 3.05) is 18.9 Å². The lowest BCUT2D eigenvalue weighted by molar-refractivity contribution is -0.385. The first kappa shape index (κ1) is 19.5. The summed E-state index contributed by atoms with van der Waals surface area (Å²) >= 11 is 3.29. The van der Waals surface area contributed by atoms with E-state index in [2.05, 4.69) is 21.2 Å². The minimum Gasteiger partial charge on any atom is -0.332 e. The van der Waals surface area contributed by atoms with Crippen molar-refractivity contribution in [3.63, 3.8) is 0 Å². The summed E-state index contributed by atoms with van der Waals surface area (Å²) in [6, 6.07) is 8.88. The van der Waals surface area contributed by atoms with Crippen molar-refractivity contribution in [1.29, 1.82) is 0 Å². The predicted octanol–water partition coefficient (Wildman–Crippen LogP) is 3.52. The van der Waals surface area contributed by atoms with E-state index in [4.69, 9.17) is 0 Å². The van der Waals surface area contributed by atoms with Gasteiger partial charge in [-0.2, -0.15) is 0 Å². The van der Waals surface area contributed by atoms with Gasteiger partial charge >= 0.3 is 0 Å². The Balaban J connectivity index is 2.13. The summed E-state index contributed by atoms with van der Waals surface area (Å²) in [7, 11) is 1.35. The van der Waals surface area contributed by atoms with Crippen molar-refractivity contribution in [1.82, 2.24) is 4.90 Å². The van der Waals surface area contributed by atoms with Gasteiger partial charge in [-0.05, 0) is 41.1 Å². The standard InChI is InChI=1S/C17H15BrFN3O4/c1-10-13(19)7-11(8-15(10)22(25)26)17(24)21(2)9-16(23)20-14-6-4-3-5-12(14)18/h3-8H,9H2,1-2H3,(H,20,23). The van der Waals surface area contributed by atoms with Crippen molar-refractivity contribution in [2.45, 2.75) is 6.92 Å². The zero-order valence-electron chi connectivity index (χ0n) is 14.0. The third-order valence-corrected chi connectivity index (χ3v) is 4.33. The van der Waals surface area contributed by atoms with Crippen molar-refractivity contribution in [3.05, 3.63) is 67.9 Å². The topological polar surface area (TPSA) is 92.6 Å². The second-order valence-corrected chi connectivity index (χ2v) is 6.40. The summed E-state index contributed by atoms with van der Waals surface area (Å²) in [6.45, 7) is 0.958. The molecule has 26 heavy (non-hydrogen) atoms. The normalized spacial score (nSPS) is 10.3. The Morgan fingerprint density at radius 1 is 1.31 bits per heavy atom. The minimum absolute atomic E-state index is 0.152. The fraction of sp³-hybridized carbons (Fsp3) is 0.176. The van der Waals surface area contributed by atoms with Gasteiger partial charge in [0, 0.05) is 23.2 Å². The first-order valence-electron chi connectivity index (χ1n) is 7.45. The largest absolute Gasteiger partial charge is 0.332 e. The molecule has 2 rings (SSSR count). The van der Waals surface area contributed by atoms with Crippen molar-refractivity contribution in [3.8, 4) is 0 Å². The number of benzene rings is 2. The highest BCUT2D eigenvalue weighted by Gasteiger charge is 2.22. The molecule has 0 aliphatic heterocycles. The van der Waals surface area contributed by atoms with E-state index in [-0.39, 0.29) is 17.7 Å². The van der Waals surface area contributed by atoms with Gasteiger partial charge in [-0.1, -0.05) is 12.1 Å². The number of carbonyl (C=O) groups excluding carboxylic acids is 2. The van der Waals surface area contributed by atoms with Gasteiger partial charge in [-0.15, -0.1) is 0 Å². The van der Waals surface area contributed by atoms with E-state index in [9.17, 15) is 24.1 Å². The van der Waals surface area contributed by atoms with Crippen LogP contribution in [0.3, 0.4) is 0 Å². The maximum absolute atomic E-state index is 13.9. The maximum Gasteiger partial charge on any atom is 0.276 e. The van der Waals surface area contributed by atoms with Crippen LogP contribution in [0.15, 0.2) is 40.9 Å². The smallest absolute Gasteiger partial charge is 0.276 e. The number of rotatable bonds is 5. The third kappa shape index (κ3) is 4.42. The van der Waals surface area contributed by atoms with Crippen LogP contribution in [-0.2, 0) is 4.79 Å². The van der Waals surface area contributed by atoms with E-state index in [1.165, 1.54) is 14.0 Å². The van der Waals surface area contributed by atoms with E-state index in [1.54, 1.807) is 24.3 Å². The molecule has 0 heterocycles. The summed E-state index contributed by atoms with van der Waals surface area (Å²) in [5.74, 6) is -2.02. The van der Waals surface area contributed by atoms with Gasteiger partial charge in [0.15, 0.2) is 0 Å². The molecule has 0 aliphatic carbocycles. The van der Waals surface area contributed by atoms with Crippen molar-refractivity contribution >= 4 is 39.1 Å². The molecule has 0 atom stereocenters. The fourth-order valence-corrected chi connectivity index (χ4v) is 2.62. The Morgan fingerprint density at radius 2 is 1.96 bits per heavy atom. The van der Waals surface area contributed by atoms with Crippen LogP contribution in [0.2, 0.25) is 0 Å². The van der Waals surface area contributed by atoms with E-state index in [0.717, 1.165) is 17.0 Å². The molecule has 0 saturated carbocycles. The Kier molecular flexibility index (Phi) is 6.04. The zero-order chi connectivity index (χ0) is 19.4. The van der Waals surface area contributed by atoms with Gasteiger partial charge in [-0.3, -0.25) is 19.7 Å². The van der Waals surface area contributed by atoms with Gasteiger partial charge in [0.05, 0.1) is 22.7 Å². The molecule has 0 aliphatic rings. The molecule has 0 radical (unpaired) electrons. The number of para-hydroxylation sites is 1. The summed E-state index contributed by atoms with van der Waals surface area (Å²) in [6.07, 6.45) is 0. The molecule has 0 saturated heterocycles. The minimum atomic E-state index is -0.853. The molecule has 0 spiro atoms. The number of nitro groups is 1. The summed E-state index contributed by atoms with van der Waals surface area (Å²) in [4.78, 5) is 35.8. The molecule has 1 N–H and O–H groups in total. The van der Waals surface area contributed by atoms with Crippen LogP contribution in [0.25, 0.3) is 0 Å².